The van der Waals surface area contributed by atoms with Crippen molar-refractivity contribution in [3.05, 3.63) is 50.7 Å². The fourth-order valence-corrected chi connectivity index (χ4v) is 4.35. The van der Waals surface area contributed by atoms with Crippen LogP contribution in [0, 0.1) is 0 Å². The molecule has 0 N–H and O–H groups in total. The molecular formula is C18H21N3OS2. The summed E-state index contributed by atoms with van der Waals surface area (Å²) >= 11 is 3.28. The lowest BCUT2D eigenvalue weighted by molar-refractivity contribution is 0.468. The predicted molar refractivity (Wildman–Crippen MR) is 102 cm³/mol. The smallest absolute Gasteiger partial charge is 0.262 e. The Kier molecular flexibility index (Phi) is 5.36. The maximum atomic E-state index is 12.9. The third-order valence-corrected chi connectivity index (χ3v) is 6.09. The summed E-state index contributed by atoms with van der Waals surface area (Å²) in [7, 11) is 0. The van der Waals surface area contributed by atoms with Crippen molar-refractivity contribution in [3.63, 3.8) is 0 Å². The van der Waals surface area contributed by atoms with E-state index < -0.39 is 0 Å². The minimum absolute atomic E-state index is 0.0463. The molecule has 0 aliphatic carbocycles. The zero-order valence-electron chi connectivity index (χ0n) is 14.2. The van der Waals surface area contributed by atoms with Crippen LogP contribution in [0.2, 0.25) is 0 Å². The number of hydrogen-bond acceptors (Lipinski definition) is 5. The van der Waals surface area contributed by atoms with Gasteiger partial charge in [-0.15, -0.1) is 11.3 Å². The minimum Gasteiger partial charge on any atom is -0.284 e. The van der Waals surface area contributed by atoms with E-state index in [0.29, 0.717) is 5.39 Å². The van der Waals surface area contributed by atoms with Crippen LogP contribution in [0.3, 0.4) is 0 Å². The molecule has 0 amide bonds. The highest BCUT2D eigenvalue weighted by Crippen LogP contribution is 2.26. The van der Waals surface area contributed by atoms with Gasteiger partial charge in [0.05, 0.1) is 21.6 Å². The molecule has 0 saturated carbocycles. The molecule has 0 unspecified atom stereocenters. The van der Waals surface area contributed by atoms with Crippen LogP contribution in [-0.2, 0) is 12.2 Å². The molecule has 1 atom stereocenters. The average molecular weight is 360 g/mol. The van der Waals surface area contributed by atoms with E-state index in [1.165, 1.54) is 0 Å². The van der Waals surface area contributed by atoms with Gasteiger partial charge in [0.2, 0.25) is 0 Å². The molecule has 0 radical (unpaired) electrons. The molecule has 0 saturated heterocycles. The van der Waals surface area contributed by atoms with Crippen molar-refractivity contribution in [3.8, 4) is 0 Å². The Bertz CT molecular complexity index is 901. The SMILES string of the molecule is CCc1nc(CSc2nc3ccccc3c(=O)n2[C@H](C)CC)cs1. The summed E-state index contributed by atoms with van der Waals surface area (Å²) in [4.78, 5) is 22.3. The summed E-state index contributed by atoms with van der Waals surface area (Å²) < 4.78 is 1.83. The van der Waals surface area contributed by atoms with Crippen LogP contribution >= 0.6 is 23.1 Å². The molecule has 0 aliphatic rings. The highest BCUT2D eigenvalue weighted by atomic mass is 32.2. The largest absolute Gasteiger partial charge is 0.284 e. The molecule has 0 aliphatic heterocycles. The molecule has 0 spiro atoms. The van der Waals surface area contributed by atoms with E-state index >= 15 is 0 Å². The number of hydrogen-bond donors (Lipinski definition) is 0. The van der Waals surface area contributed by atoms with E-state index in [4.69, 9.17) is 4.98 Å². The van der Waals surface area contributed by atoms with E-state index in [2.05, 4.69) is 31.1 Å². The van der Waals surface area contributed by atoms with E-state index in [0.717, 1.165) is 40.0 Å². The molecular weight excluding hydrogens is 338 g/mol. The number of aromatic nitrogens is 3. The topological polar surface area (TPSA) is 47.8 Å². The van der Waals surface area contributed by atoms with Crippen LogP contribution in [0.25, 0.3) is 10.9 Å². The van der Waals surface area contributed by atoms with Crippen molar-refractivity contribution >= 4 is 34.0 Å². The number of fused-ring (bicyclic) bond motifs is 1. The molecule has 4 nitrogen and oxygen atoms in total. The molecule has 3 rings (SSSR count). The van der Waals surface area contributed by atoms with Gasteiger partial charge in [-0.2, -0.15) is 0 Å². The number of para-hydroxylation sites is 1. The van der Waals surface area contributed by atoms with Crippen LogP contribution < -0.4 is 5.56 Å². The van der Waals surface area contributed by atoms with Gasteiger partial charge in [0.25, 0.3) is 5.56 Å². The van der Waals surface area contributed by atoms with E-state index in [1.54, 1.807) is 23.1 Å². The summed E-state index contributed by atoms with van der Waals surface area (Å²) in [6, 6.07) is 7.69. The Morgan fingerprint density at radius 1 is 1.25 bits per heavy atom. The average Bonchev–Trinajstić information content (AvgIpc) is 3.07. The Labute approximate surface area is 150 Å². The molecule has 24 heavy (non-hydrogen) atoms. The van der Waals surface area contributed by atoms with Gasteiger partial charge < -0.3 is 0 Å². The molecule has 1 aromatic carbocycles. The number of thiazole rings is 1. The molecule has 0 fully saturated rings. The maximum Gasteiger partial charge on any atom is 0.262 e. The standard InChI is InChI=1S/C18H21N3OS2/c1-4-12(3)21-17(22)14-8-6-7-9-15(14)20-18(21)24-11-13-10-23-16(5-2)19-13/h6-10,12H,4-5,11H2,1-3H3/t12-/m1/s1. The Hall–Kier alpha value is -1.66. The number of nitrogens with zero attached hydrogens (tertiary/aromatic N) is 3. The first kappa shape index (κ1) is 17.2. The second-order valence-electron chi connectivity index (χ2n) is 5.72. The third kappa shape index (κ3) is 3.39. The number of benzene rings is 1. The lowest BCUT2D eigenvalue weighted by atomic mass is 10.2. The van der Waals surface area contributed by atoms with Crippen LogP contribution in [0.15, 0.2) is 39.6 Å². The second kappa shape index (κ2) is 7.49. The van der Waals surface area contributed by atoms with Crippen molar-refractivity contribution < 1.29 is 0 Å². The summed E-state index contributed by atoms with van der Waals surface area (Å²) in [5.74, 6) is 0.734. The zero-order chi connectivity index (χ0) is 17.1. The normalized spacial score (nSPS) is 12.6. The van der Waals surface area contributed by atoms with Gasteiger partial charge >= 0.3 is 0 Å². The molecule has 3 aromatic rings. The van der Waals surface area contributed by atoms with Crippen LogP contribution in [0.1, 0.15) is 43.9 Å². The molecule has 2 heterocycles. The fraction of sp³-hybridized carbons (Fsp3) is 0.389. The summed E-state index contributed by atoms with van der Waals surface area (Å²) in [6.07, 6.45) is 1.85. The van der Waals surface area contributed by atoms with E-state index in [1.807, 2.05) is 28.8 Å². The first-order valence-electron chi connectivity index (χ1n) is 8.21. The fourth-order valence-electron chi connectivity index (χ4n) is 2.51. The van der Waals surface area contributed by atoms with E-state index in [9.17, 15) is 4.79 Å². The Morgan fingerprint density at radius 3 is 2.75 bits per heavy atom. The summed E-state index contributed by atoms with van der Waals surface area (Å²) in [5.41, 5.74) is 1.86. The zero-order valence-corrected chi connectivity index (χ0v) is 15.8. The second-order valence-corrected chi connectivity index (χ2v) is 7.60. The van der Waals surface area contributed by atoms with Gasteiger partial charge in [-0.1, -0.05) is 37.7 Å². The summed E-state index contributed by atoms with van der Waals surface area (Å²) in [5, 5.41) is 4.71. The predicted octanol–water partition coefficient (Wildman–Crippen LogP) is 4.68. The van der Waals surface area contributed by atoms with Crippen LogP contribution in [0.5, 0.6) is 0 Å². The summed E-state index contributed by atoms with van der Waals surface area (Å²) in [6.45, 7) is 6.27. The van der Waals surface area contributed by atoms with Gasteiger partial charge in [-0.05, 0) is 31.9 Å². The van der Waals surface area contributed by atoms with Crippen molar-refractivity contribution in [2.24, 2.45) is 0 Å². The van der Waals surface area contributed by atoms with E-state index in [-0.39, 0.29) is 11.6 Å². The van der Waals surface area contributed by atoms with Crippen LogP contribution in [0.4, 0.5) is 0 Å². The Balaban J connectivity index is 1.99. The molecule has 6 heteroatoms. The van der Waals surface area contributed by atoms with Crippen molar-refractivity contribution in [2.75, 3.05) is 0 Å². The number of rotatable bonds is 6. The first-order chi connectivity index (χ1) is 11.6. The van der Waals surface area contributed by atoms with Crippen molar-refractivity contribution in [2.45, 2.75) is 50.6 Å². The third-order valence-electron chi connectivity index (χ3n) is 4.06. The lowest BCUT2D eigenvalue weighted by Crippen LogP contribution is -2.26. The molecule has 0 bridgehead atoms. The maximum absolute atomic E-state index is 12.9. The van der Waals surface area contributed by atoms with Gasteiger partial charge in [0.15, 0.2) is 5.16 Å². The van der Waals surface area contributed by atoms with Crippen LogP contribution in [-0.4, -0.2) is 14.5 Å². The first-order valence-corrected chi connectivity index (χ1v) is 10.1. The number of thioether (sulfide) groups is 1. The molecule has 126 valence electrons. The highest BCUT2D eigenvalue weighted by Gasteiger charge is 2.16. The number of aryl methyl sites for hydroxylation is 1. The molecule has 2 aromatic heterocycles. The quantitative estimate of drug-likeness (QED) is 0.474. The minimum atomic E-state index is 0.0463. The highest BCUT2D eigenvalue weighted by molar-refractivity contribution is 7.98. The van der Waals surface area contributed by atoms with Crippen molar-refractivity contribution in [1.29, 1.82) is 0 Å². The van der Waals surface area contributed by atoms with Gasteiger partial charge in [-0.3, -0.25) is 9.36 Å². The van der Waals surface area contributed by atoms with Crippen molar-refractivity contribution in [1.82, 2.24) is 14.5 Å². The van der Waals surface area contributed by atoms with Gasteiger partial charge in [0.1, 0.15) is 0 Å². The van der Waals surface area contributed by atoms with Gasteiger partial charge in [0, 0.05) is 17.2 Å². The monoisotopic (exact) mass is 359 g/mol. The lowest BCUT2D eigenvalue weighted by Gasteiger charge is -2.18. The van der Waals surface area contributed by atoms with Gasteiger partial charge in [-0.25, -0.2) is 9.97 Å². The Morgan fingerprint density at radius 2 is 2.04 bits per heavy atom.